The Morgan fingerprint density at radius 1 is 0.909 bits per heavy atom. The molecule has 1 fully saturated rings. The van der Waals surface area contributed by atoms with Crippen molar-refractivity contribution in [2.75, 3.05) is 36.4 Å². The summed E-state index contributed by atoms with van der Waals surface area (Å²) >= 11 is 0. The van der Waals surface area contributed by atoms with Crippen molar-refractivity contribution in [1.82, 2.24) is 29.9 Å². The minimum Gasteiger partial charge on any atom is -0.352 e. The number of rotatable bonds is 5. The van der Waals surface area contributed by atoms with Crippen LogP contribution in [0.1, 0.15) is 16.1 Å². The number of hydrogen-bond acceptors (Lipinski definition) is 7. The average Bonchev–Trinajstić information content (AvgIpc) is 3.40. The molecule has 4 heterocycles. The van der Waals surface area contributed by atoms with Gasteiger partial charge in [0.2, 0.25) is 0 Å². The molecule has 166 valence electrons. The van der Waals surface area contributed by atoms with E-state index in [4.69, 9.17) is 0 Å². The molecule has 0 bridgehead atoms. The summed E-state index contributed by atoms with van der Waals surface area (Å²) in [4.78, 5) is 21.5. The van der Waals surface area contributed by atoms with Gasteiger partial charge in [-0.25, -0.2) is 9.67 Å². The molecule has 1 aromatic carbocycles. The minimum absolute atomic E-state index is 0.0277. The zero-order valence-corrected chi connectivity index (χ0v) is 18.3. The van der Waals surface area contributed by atoms with Gasteiger partial charge in [0, 0.05) is 49.8 Å². The van der Waals surface area contributed by atoms with E-state index in [-0.39, 0.29) is 5.91 Å². The third-order valence-electron chi connectivity index (χ3n) is 5.55. The van der Waals surface area contributed by atoms with Crippen LogP contribution < -0.4 is 10.2 Å². The molecule has 3 aromatic heterocycles. The minimum atomic E-state index is 0.0277. The number of pyridine rings is 1. The predicted octanol–water partition coefficient (Wildman–Crippen LogP) is 3.07. The third-order valence-corrected chi connectivity index (χ3v) is 5.55. The van der Waals surface area contributed by atoms with Gasteiger partial charge in [-0.2, -0.15) is 5.10 Å². The summed E-state index contributed by atoms with van der Waals surface area (Å²) in [5, 5.41) is 16.1. The van der Waals surface area contributed by atoms with Gasteiger partial charge in [-0.15, -0.1) is 10.2 Å². The molecule has 4 aromatic rings. The second-order valence-corrected chi connectivity index (χ2v) is 7.85. The van der Waals surface area contributed by atoms with Crippen LogP contribution in [0.25, 0.3) is 5.69 Å². The fourth-order valence-corrected chi connectivity index (χ4v) is 3.83. The number of piperazine rings is 1. The molecule has 1 N–H and O–H groups in total. The SMILES string of the molecule is Cc1cccc(Nc2ccc(N3CCN(C(=O)c4cccc(-n5cccn5)c4)CC3)nn2)n1. The van der Waals surface area contributed by atoms with Crippen molar-refractivity contribution < 1.29 is 4.79 Å². The highest BCUT2D eigenvalue weighted by Gasteiger charge is 2.23. The quantitative estimate of drug-likeness (QED) is 0.510. The topological polar surface area (TPSA) is 92.1 Å². The lowest BCUT2D eigenvalue weighted by Crippen LogP contribution is -2.49. The average molecular weight is 441 g/mol. The molecule has 1 amide bonds. The molecule has 1 aliphatic rings. The van der Waals surface area contributed by atoms with Crippen LogP contribution >= 0.6 is 0 Å². The zero-order valence-electron chi connectivity index (χ0n) is 18.3. The van der Waals surface area contributed by atoms with E-state index < -0.39 is 0 Å². The predicted molar refractivity (Wildman–Crippen MR) is 126 cm³/mol. The Kier molecular flexibility index (Phi) is 5.67. The molecule has 33 heavy (non-hydrogen) atoms. The molecular formula is C24H24N8O. The van der Waals surface area contributed by atoms with Gasteiger partial charge in [0.25, 0.3) is 5.91 Å². The molecule has 0 aliphatic carbocycles. The van der Waals surface area contributed by atoms with E-state index in [1.807, 2.05) is 78.7 Å². The zero-order chi connectivity index (χ0) is 22.6. The van der Waals surface area contributed by atoms with E-state index in [0.29, 0.717) is 37.6 Å². The Morgan fingerprint density at radius 3 is 2.48 bits per heavy atom. The van der Waals surface area contributed by atoms with Crippen LogP contribution in [0.5, 0.6) is 0 Å². The van der Waals surface area contributed by atoms with E-state index >= 15 is 0 Å². The van der Waals surface area contributed by atoms with E-state index in [2.05, 4.69) is 30.5 Å². The summed E-state index contributed by atoms with van der Waals surface area (Å²) < 4.78 is 1.75. The number of amides is 1. The number of carbonyl (C=O) groups excluding carboxylic acids is 1. The number of benzene rings is 1. The monoisotopic (exact) mass is 440 g/mol. The van der Waals surface area contributed by atoms with Gasteiger partial charge >= 0.3 is 0 Å². The standard InChI is InChI=1S/C24H24N8O/c1-18-5-2-8-21(26-18)27-22-9-10-23(29-28-22)30-13-15-31(16-14-30)24(33)19-6-3-7-20(17-19)32-12-4-11-25-32/h2-12,17H,13-16H2,1H3,(H,26,27,28). The summed E-state index contributed by atoms with van der Waals surface area (Å²) in [6.45, 7) is 4.59. The van der Waals surface area contributed by atoms with Crippen LogP contribution in [-0.2, 0) is 0 Å². The van der Waals surface area contributed by atoms with Gasteiger partial charge in [0.15, 0.2) is 11.6 Å². The molecule has 0 radical (unpaired) electrons. The number of hydrogen-bond donors (Lipinski definition) is 1. The van der Waals surface area contributed by atoms with Crippen molar-refractivity contribution in [1.29, 1.82) is 0 Å². The van der Waals surface area contributed by atoms with E-state index in [9.17, 15) is 4.79 Å². The fraction of sp³-hybridized carbons (Fsp3) is 0.208. The first-order valence-corrected chi connectivity index (χ1v) is 10.8. The number of carbonyl (C=O) groups is 1. The highest BCUT2D eigenvalue weighted by Crippen LogP contribution is 2.18. The highest BCUT2D eigenvalue weighted by atomic mass is 16.2. The summed E-state index contributed by atoms with van der Waals surface area (Å²) in [6, 6.07) is 19.0. The van der Waals surface area contributed by atoms with Crippen molar-refractivity contribution >= 4 is 23.4 Å². The summed E-state index contributed by atoms with van der Waals surface area (Å²) in [6.07, 6.45) is 3.58. The van der Waals surface area contributed by atoms with Crippen LogP contribution in [0.4, 0.5) is 17.5 Å². The smallest absolute Gasteiger partial charge is 0.254 e. The van der Waals surface area contributed by atoms with Gasteiger partial charge < -0.3 is 15.1 Å². The van der Waals surface area contributed by atoms with Crippen LogP contribution in [0.15, 0.2) is 73.1 Å². The van der Waals surface area contributed by atoms with Crippen molar-refractivity contribution in [2.45, 2.75) is 6.92 Å². The second kappa shape index (κ2) is 9.07. The Labute approximate surface area is 191 Å². The molecule has 0 spiro atoms. The number of anilines is 3. The van der Waals surface area contributed by atoms with Crippen LogP contribution in [0.3, 0.4) is 0 Å². The lowest BCUT2D eigenvalue weighted by atomic mass is 10.1. The molecule has 0 atom stereocenters. The molecular weight excluding hydrogens is 416 g/mol. The van der Waals surface area contributed by atoms with Crippen molar-refractivity contribution in [2.24, 2.45) is 0 Å². The van der Waals surface area contributed by atoms with Crippen LogP contribution in [-0.4, -0.2) is 61.9 Å². The Morgan fingerprint density at radius 2 is 1.76 bits per heavy atom. The maximum atomic E-state index is 13.0. The number of nitrogens with zero attached hydrogens (tertiary/aromatic N) is 7. The Bertz CT molecular complexity index is 1230. The van der Waals surface area contributed by atoms with Gasteiger partial charge in [0.05, 0.1) is 5.69 Å². The van der Waals surface area contributed by atoms with Gasteiger partial charge in [-0.05, 0) is 55.5 Å². The van der Waals surface area contributed by atoms with Crippen molar-refractivity contribution in [3.8, 4) is 5.69 Å². The molecule has 0 saturated carbocycles. The van der Waals surface area contributed by atoms with Crippen molar-refractivity contribution in [3.63, 3.8) is 0 Å². The largest absolute Gasteiger partial charge is 0.352 e. The lowest BCUT2D eigenvalue weighted by molar-refractivity contribution is 0.0746. The summed E-state index contributed by atoms with van der Waals surface area (Å²) in [5.74, 6) is 2.20. The highest BCUT2D eigenvalue weighted by molar-refractivity contribution is 5.95. The molecule has 0 unspecified atom stereocenters. The molecule has 5 rings (SSSR count). The summed E-state index contributed by atoms with van der Waals surface area (Å²) in [7, 11) is 0. The first-order valence-electron chi connectivity index (χ1n) is 10.8. The third kappa shape index (κ3) is 4.67. The van der Waals surface area contributed by atoms with Gasteiger partial charge in [-0.1, -0.05) is 12.1 Å². The Hall–Kier alpha value is -4.27. The van der Waals surface area contributed by atoms with Gasteiger partial charge in [0.1, 0.15) is 5.82 Å². The molecule has 1 aliphatic heterocycles. The molecule has 9 heteroatoms. The number of nitrogens with one attached hydrogen (secondary N) is 1. The van der Waals surface area contributed by atoms with E-state index in [1.54, 1.807) is 10.9 Å². The maximum absolute atomic E-state index is 13.0. The van der Waals surface area contributed by atoms with E-state index in [0.717, 1.165) is 23.0 Å². The fourth-order valence-electron chi connectivity index (χ4n) is 3.83. The first-order chi connectivity index (χ1) is 16.2. The maximum Gasteiger partial charge on any atom is 0.254 e. The number of aryl methyl sites for hydroxylation is 1. The van der Waals surface area contributed by atoms with Gasteiger partial charge in [-0.3, -0.25) is 4.79 Å². The Balaban J connectivity index is 1.19. The second-order valence-electron chi connectivity index (χ2n) is 7.85. The first kappa shape index (κ1) is 20.6. The molecule has 1 saturated heterocycles. The lowest BCUT2D eigenvalue weighted by Gasteiger charge is -2.35. The van der Waals surface area contributed by atoms with Crippen molar-refractivity contribution in [3.05, 3.63) is 84.3 Å². The number of aromatic nitrogens is 5. The summed E-state index contributed by atoms with van der Waals surface area (Å²) in [5.41, 5.74) is 2.47. The molecule has 9 nitrogen and oxygen atoms in total. The van der Waals surface area contributed by atoms with E-state index in [1.165, 1.54) is 0 Å². The normalized spacial score (nSPS) is 13.7. The van der Waals surface area contributed by atoms with Crippen LogP contribution in [0, 0.1) is 6.92 Å². The van der Waals surface area contributed by atoms with Crippen LogP contribution in [0.2, 0.25) is 0 Å².